The third-order valence-electron chi connectivity index (χ3n) is 3.54. The van der Waals surface area contributed by atoms with Crippen molar-refractivity contribution in [2.45, 2.75) is 32.5 Å². The summed E-state index contributed by atoms with van der Waals surface area (Å²) in [4.78, 5) is 0. The smallest absolute Gasteiger partial charge is 0.388 e. The number of rotatable bonds is 4. The second kappa shape index (κ2) is 6.53. The second-order valence-electron chi connectivity index (χ2n) is 5.84. The lowest BCUT2D eigenvalue weighted by Crippen LogP contribution is -2.04. The minimum absolute atomic E-state index is 0.393. The average Bonchev–Trinajstić information content (AvgIpc) is 2.46. The van der Waals surface area contributed by atoms with E-state index in [0.29, 0.717) is 12.3 Å². The van der Waals surface area contributed by atoms with E-state index in [1.54, 1.807) is 0 Å². The zero-order valence-electron chi connectivity index (χ0n) is 12.6. The molecule has 118 valence electrons. The van der Waals surface area contributed by atoms with Gasteiger partial charge in [-0.1, -0.05) is 50.2 Å². The summed E-state index contributed by atoms with van der Waals surface area (Å²) in [7, 11) is 0. The maximum Gasteiger partial charge on any atom is 0.416 e. The number of aliphatic hydroxyl groups is 1. The molecular weight excluding hydrogens is 289 g/mol. The van der Waals surface area contributed by atoms with Crippen LogP contribution in [0.5, 0.6) is 0 Å². The van der Waals surface area contributed by atoms with Gasteiger partial charge in [-0.05, 0) is 41.2 Å². The third-order valence-corrected chi connectivity index (χ3v) is 3.54. The summed E-state index contributed by atoms with van der Waals surface area (Å²) in [6, 6.07) is 12.4. The van der Waals surface area contributed by atoms with Crippen LogP contribution in [-0.2, 0) is 6.18 Å². The first-order chi connectivity index (χ1) is 10.3. The molecule has 1 atom stereocenters. The minimum Gasteiger partial charge on any atom is -0.388 e. The molecule has 0 fully saturated rings. The Balaban J connectivity index is 2.17. The summed E-state index contributed by atoms with van der Waals surface area (Å²) < 4.78 is 37.6. The number of aliphatic hydroxyl groups excluding tert-OH is 1. The summed E-state index contributed by atoms with van der Waals surface area (Å²) in [5, 5.41) is 10.1. The molecule has 2 aromatic carbocycles. The first-order valence-corrected chi connectivity index (χ1v) is 7.23. The zero-order valence-corrected chi connectivity index (χ0v) is 12.6. The summed E-state index contributed by atoms with van der Waals surface area (Å²) in [5.74, 6) is 0.393. The van der Waals surface area contributed by atoms with E-state index >= 15 is 0 Å². The number of alkyl halides is 3. The number of benzene rings is 2. The van der Waals surface area contributed by atoms with Gasteiger partial charge in [0.25, 0.3) is 0 Å². The van der Waals surface area contributed by atoms with Gasteiger partial charge in [0.15, 0.2) is 0 Å². The van der Waals surface area contributed by atoms with Crippen LogP contribution in [0.2, 0.25) is 0 Å². The highest BCUT2D eigenvalue weighted by atomic mass is 19.4. The molecule has 0 aliphatic rings. The molecule has 0 aliphatic heterocycles. The van der Waals surface area contributed by atoms with Crippen molar-refractivity contribution in [1.82, 2.24) is 0 Å². The molecule has 0 radical (unpaired) electrons. The van der Waals surface area contributed by atoms with Crippen LogP contribution in [0.25, 0.3) is 11.1 Å². The van der Waals surface area contributed by atoms with Crippen molar-refractivity contribution in [3.05, 3.63) is 59.7 Å². The summed E-state index contributed by atoms with van der Waals surface area (Å²) in [6.07, 6.45) is -4.15. The van der Waals surface area contributed by atoms with Gasteiger partial charge in [-0.15, -0.1) is 0 Å². The van der Waals surface area contributed by atoms with Crippen molar-refractivity contribution in [1.29, 1.82) is 0 Å². The molecule has 22 heavy (non-hydrogen) atoms. The molecule has 0 aliphatic carbocycles. The Morgan fingerprint density at radius 1 is 0.864 bits per heavy atom. The van der Waals surface area contributed by atoms with Gasteiger partial charge in [0.2, 0.25) is 0 Å². The van der Waals surface area contributed by atoms with Crippen LogP contribution in [0.3, 0.4) is 0 Å². The van der Waals surface area contributed by atoms with E-state index in [0.717, 1.165) is 28.8 Å². The Kier molecular flexibility index (Phi) is 4.91. The van der Waals surface area contributed by atoms with Gasteiger partial charge >= 0.3 is 6.18 Å². The molecule has 2 aromatic rings. The summed E-state index contributed by atoms with van der Waals surface area (Å²) in [6.45, 7) is 4.08. The lowest BCUT2D eigenvalue weighted by atomic mass is 9.97. The predicted octanol–water partition coefficient (Wildman–Crippen LogP) is 5.45. The number of hydrogen-bond donors (Lipinski definition) is 1. The van der Waals surface area contributed by atoms with Crippen LogP contribution in [0.4, 0.5) is 13.2 Å². The van der Waals surface area contributed by atoms with Crippen LogP contribution in [-0.4, -0.2) is 5.11 Å². The summed E-state index contributed by atoms with van der Waals surface area (Å²) >= 11 is 0. The van der Waals surface area contributed by atoms with Gasteiger partial charge in [0.05, 0.1) is 11.7 Å². The second-order valence-corrected chi connectivity index (χ2v) is 5.84. The van der Waals surface area contributed by atoms with Crippen LogP contribution >= 0.6 is 0 Å². The van der Waals surface area contributed by atoms with E-state index in [4.69, 9.17) is 0 Å². The number of halogens is 3. The van der Waals surface area contributed by atoms with E-state index < -0.39 is 17.8 Å². The van der Waals surface area contributed by atoms with Crippen LogP contribution in [0.1, 0.15) is 37.5 Å². The Bertz CT molecular complexity index is 598. The van der Waals surface area contributed by atoms with Crippen molar-refractivity contribution in [2.75, 3.05) is 0 Å². The fourth-order valence-corrected chi connectivity index (χ4v) is 2.33. The number of hydrogen-bond acceptors (Lipinski definition) is 1. The van der Waals surface area contributed by atoms with E-state index in [1.165, 1.54) is 12.1 Å². The highest BCUT2D eigenvalue weighted by Gasteiger charge is 2.29. The van der Waals surface area contributed by atoms with Gasteiger partial charge in [0.1, 0.15) is 0 Å². The fraction of sp³-hybridized carbons (Fsp3) is 0.333. The standard InChI is InChI=1S/C18H19F3O/c1-12(2)11-17(22)15-5-3-13(4-6-15)14-7-9-16(10-8-14)18(19,20)21/h3-10,12,17,22H,11H2,1-2H3/t17-/m1/s1. The molecule has 0 saturated carbocycles. The largest absolute Gasteiger partial charge is 0.416 e. The maximum absolute atomic E-state index is 12.5. The molecule has 0 saturated heterocycles. The molecule has 1 N–H and O–H groups in total. The SMILES string of the molecule is CC(C)C[C@@H](O)c1ccc(-c2ccc(C(F)(F)F)cc2)cc1. The molecule has 0 bridgehead atoms. The van der Waals surface area contributed by atoms with Gasteiger partial charge in [-0.3, -0.25) is 0 Å². The normalized spacial score (nSPS) is 13.4. The van der Waals surface area contributed by atoms with Crippen molar-refractivity contribution >= 4 is 0 Å². The third kappa shape index (κ3) is 4.10. The van der Waals surface area contributed by atoms with Crippen molar-refractivity contribution in [2.24, 2.45) is 5.92 Å². The van der Waals surface area contributed by atoms with Crippen molar-refractivity contribution in [3.8, 4) is 11.1 Å². The highest BCUT2D eigenvalue weighted by molar-refractivity contribution is 5.64. The molecule has 4 heteroatoms. The zero-order chi connectivity index (χ0) is 16.3. The molecule has 0 unspecified atom stereocenters. The average molecular weight is 308 g/mol. The van der Waals surface area contributed by atoms with Gasteiger partial charge in [-0.25, -0.2) is 0 Å². The van der Waals surface area contributed by atoms with E-state index in [2.05, 4.69) is 0 Å². The first kappa shape index (κ1) is 16.6. The highest BCUT2D eigenvalue weighted by Crippen LogP contribution is 2.31. The summed E-state index contributed by atoms with van der Waals surface area (Å²) in [5.41, 5.74) is 1.72. The Labute approximate surface area is 128 Å². The first-order valence-electron chi connectivity index (χ1n) is 7.23. The van der Waals surface area contributed by atoms with Gasteiger partial charge in [0, 0.05) is 0 Å². The molecule has 1 nitrogen and oxygen atoms in total. The Morgan fingerprint density at radius 3 is 1.73 bits per heavy atom. The fourth-order valence-electron chi connectivity index (χ4n) is 2.33. The van der Waals surface area contributed by atoms with E-state index in [9.17, 15) is 18.3 Å². The van der Waals surface area contributed by atoms with Crippen LogP contribution < -0.4 is 0 Å². The Hall–Kier alpha value is -1.81. The van der Waals surface area contributed by atoms with E-state index in [1.807, 2.05) is 38.1 Å². The topological polar surface area (TPSA) is 20.2 Å². The van der Waals surface area contributed by atoms with Crippen LogP contribution in [0.15, 0.2) is 48.5 Å². The maximum atomic E-state index is 12.5. The lowest BCUT2D eigenvalue weighted by Gasteiger charge is -2.14. The van der Waals surface area contributed by atoms with Gasteiger partial charge in [-0.2, -0.15) is 13.2 Å². The monoisotopic (exact) mass is 308 g/mol. The predicted molar refractivity (Wildman–Crippen MR) is 81.3 cm³/mol. The van der Waals surface area contributed by atoms with Crippen LogP contribution in [0, 0.1) is 5.92 Å². The quantitative estimate of drug-likeness (QED) is 0.796. The molecule has 0 heterocycles. The van der Waals surface area contributed by atoms with Crippen molar-refractivity contribution in [3.63, 3.8) is 0 Å². The molecule has 0 amide bonds. The minimum atomic E-state index is -4.32. The lowest BCUT2D eigenvalue weighted by molar-refractivity contribution is -0.137. The molecule has 0 aromatic heterocycles. The molecule has 2 rings (SSSR count). The molecule has 0 spiro atoms. The van der Waals surface area contributed by atoms with E-state index in [-0.39, 0.29) is 0 Å². The van der Waals surface area contributed by atoms with Crippen molar-refractivity contribution < 1.29 is 18.3 Å². The van der Waals surface area contributed by atoms with Gasteiger partial charge < -0.3 is 5.11 Å². The molecular formula is C18H19F3O. The Morgan fingerprint density at radius 2 is 1.32 bits per heavy atom.